The van der Waals surface area contributed by atoms with Crippen LogP contribution in [0.15, 0.2) is 0 Å². The number of ether oxygens (including phenoxy) is 1. The summed E-state index contributed by atoms with van der Waals surface area (Å²) in [6.07, 6.45) is 3.26. The third-order valence-corrected chi connectivity index (χ3v) is 5.63. The molecule has 0 aromatic carbocycles. The van der Waals surface area contributed by atoms with E-state index >= 15 is 0 Å². The minimum absolute atomic E-state index is 0.0972. The van der Waals surface area contributed by atoms with Crippen LogP contribution in [0.1, 0.15) is 32.6 Å². The summed E-state index contributed by atoms with van der Waals surface area (Å²) in [6.45, 7) is 4.53. The predicted molar refractivity (Wildman–Crippen MR) is 65.5 cm³/mol. The zero-order chi connectivity index (χ0) is 12.4. The quantitative estimate of drug-likeness (QED) is 0.357. The van der Waals surface area contributed by atoms with E-state index in [0.29, 0.717) is 13.0 Å². The predicted octanol–water partition coefficient (Wildman–Crippen LogP) is 2.47. The van der Waals surface area contributed by atoms with Crippen molar-refractivity contribution in [3.8, 4) is 0 Å². The zero-order valence-corrected chi connectivity index (χ0v) is 11.9. The number of rotatable bonds is 9. The summed E-state index contributed by atoms with van der Waals surface area (Å²) < 4.78 is 15.8. The molecule has 0 amide bonds. The molecule has 0 atom stereocenters. The lowest BCUT2D eigenvalue weighted by Crippen LogP contribution is -2.36. The first-order valence-corrected chi connectivity index (χ1v) is 8.36. The molecule has 0 fully saturated rings. The van der Waals surface area contributed by atoms with Crippen molar-refractivity contribution in [3.63, 3.8) is 0 Å². The fourth-order valence-corrected chi connectivity index (χ4v) is 2.62. The Morgan fingerprint density at radius 3 is 2.31 bits per heavy atom. The minimum atomic E-state index is -1.99. The topological polar surface area (TPSA) is 44.8 Å². The largest absolute Gasteiger partial charge is 0.466 e. The van der Waals surface area contributed by atoms with Gasteiger partial charge in [0, 0.05) is 20.6 Å². The highest BCUT2D eigenvalue weighted by molar-refractivity contribution is 6.65. The molecule has 5 heteroatoms. The summed E-state index contributed by atoms with van der Waals surface area (Å²) in [7, 11) is 1.35. The third-order valence-electron chi connectivity index (χ3n) is 2.64. The lowest BCUT2D eigenvalue weighted by atomic mass is 10.2. The number of carbonyl (C=O) groups excluding carboxylic acids is 1. The maximum Gasteiger partial charge on any atom is 0.334 e. The molecule has 0 radical (unpaired) electrons. The van der Waals surface area contributed by atoms with E-state index in [2.05, 4.69) is 6.92 Å². The van der Waals surface area contributed by atoms with Crippen LogP contribution >= 0.6 is 0 Å². The van der Waals surface area contributed by atoms with Gasteiger partial charge in [0.1, 0.15) is 0 Å². The van der Waals surface area contributed by atoms with Gasteiger partial charge in [-0.25, -0.2) is 0 Å². The number of hydrogen-bond acceptors (Lipinski definition) is 4. The molecule has 0 unspecified atom stereocenters. The van der Waals surface area contributed by atoms with Crippen molar-refractivity contribution in [2.24, 2.45) is 0 Å². The Hall–Kier alpha value is -0.393. The molecule has 0 spiro atoms. The molecule has 0 aliphatic heterocycles. The van der Waals surface area contributed by atoms with Crippen LogP contribution in [0, 0.1) is 0 Å². The Labute approximate surface area is 99.5 Å². The van der Waals surface area contributed by atoms with Crippen LogP contribution in [0.3, 0.4) is 0 Å². The van der Waals surface area contributed by atoms with Crippen LogP contribution < -0.4 is 0 Å². The van der Waals surface area contributed by atoms with Crippen molar-refractivity contribution in [3.05, 3.63) is 0 Å². The van der Waals surface area contributed by atoms with Gasteiger partial charge in [-0.2, -0.15) is 0 Å². The second kappa shape index (κ2) is 8.72. The molecule has 16 heavy (non-hydrogen) atoms. The summed E-state index contributed by atoms with van der Waals surface area (Å²) in [5, 5.41) is 0. The van der Waals surface area contributed by atoms with Gasteiger partial charge < -0.3 is 13.6 Å². The highest BCUT2D eigenvalue weighted by Gasteiger charge is 2.27. The molecule has 0 aliphatic carbocycles. The number of unbranched alkanes of at least 4 members (excludes halogenated alkanes) is 1. The van der Waals surface area contributed by atoms with E-state index in [4.69, 9.17) is 13.6 Å². The summed E-state index contributed by atoms with van der Waals surface area (Å²) in [5.74, 6) is -0.0972. The second-order valence-electron chi connectivity index (χ2n) is 3.97. The van der Waals surface area contributed by atoms with Gasteiger partial charge in [-0.05, 0) is 25.4 Å². The Kier molecular flexibility index (Phi) is 8.51. The molecule has 0 rings (SSSR count). The van der Waals surface area contributed by atoms with E-state index in [0.717, 1.165) is 25.3 Å². The maximum atomic E-state index is 11.2. The summed E-state index contributed by atoms with van der Waals surface area (Å²) in [5.41, 5.74) is 0. The van der Waals surface area contributed by atoms with Crippen LogP contribution in [0.25, 0.3) is 0 Å². The average molecular weight is 248 g/mol. The summed E-state index contributed by atoms with van der Waals surface area (Å²) in [6, 6.07) is 0.848. The van der Waals surface area contributed by atoms with Gasteiger partial charge in [0.05, 0.1) is 6.61 Å². The van der Waals surface area contributed by atoms with Gasteiger partial charge in [0.15, 0.2) is 0 Å². The molecular weight excluding hydrogens is 224 g/mol. The Balaban J connectivity index is 3.55. The Morgan fingerprint density at radius 2 is 1.81 bits per heavy atom. The van der Waals surface area contributed by atoms with E-state index in [9.17, 15) is 4.79 Å². The molecule has 0 bridgehead atoms. The van der Waals surface area contributed by atoms with Crippen LogP contribution in [0.4, 0.5) is 0 Å². The molecule has 0 aromatic rings. The zero-order valence-electron chi connectivity index (χ0n) is 10.9. The molecule has 0 saturated carbocycles. The fraction of sp³-hybridized carbons (Fsp3) is 0.909. The van der Waals surface area contributed by atoms with Gasteiger partial charge in [-0.15, -0.1) is 0 Å². The molecule has 0 N–H and O–H groups in total. The molecule has 0 heterocycles. The van der Waals surface area contributed by atoms with Crippen LogP contribution in [0.2, 0.25) is 12.6 Å². The fourth-order valence-electron chi connectivity index (χ4n) is 1.26. The summed E-state index contributed by atoms with van der Waals surface area (Å²) >= 11 is 0. The van der Waals surface area contributed by atoms with Crippen LogP contribution in [-0.4, -0.2) is 35.4 Å². The lowest BCUT2D eigenvalue weighted by molar-refractivity contribution is -0.143. The van der Waals surface area contributed by atoms with E-state index in [1.54, 1.807) is 14.2 Å². The second-order valence-corrected chi connectivity index (χ2v) is 7.55. The number of carbonyl (C=O) groups is 1. The van der Waals surface area contributed by atoms with Gasteiger partial charge in [-0.1, -0.05) is 13.3 Å². The lowest BCUT2D eigenvalue weighted by Gasteiger charge is -2.22. The van der Waals surface area contributed by atoms with Gasteiger partial charge in [-0.3, -0.25) is 4.79 Å². The molecule has 0 aromatic heterocycles. The monoisotopic (exact) mass is 248 g/mol. The molecule has 4 nitrogen and oxygen atoms in total. The van der Waals surface area contributed by atoms with Gasteiger partial charge in [0.2, 0.25) is 0 Å². The smallest absolute Gasteiger partial charge is 0.334 e. The maximum absolute atomic E-state index is 11.2. The standard InChI is InChI=1S/C11H24O4Si/c1-5-6-8-11(12)15-9-7-10-16(4,13-2)14-3/h5-10H2,1-4H3. The highest BCUT2D eigenvalue weighted by atomic mass is 28.4. The molecule has 0 aliphatic rings. The normalized spacial score (nSPS) is 11.5. The Morgan fingerprint density at radius 1 is 1.19 bits per heavy atom. The van der Waals surface area contributed by atoms with Gasteiger partial charge in [0.25, 0.3) is 0 Å². The molecule has 96 valence electrons. The van der Waals surface area contributed by atoms with Crippen molar-refractivity contribution in [2.75, 3.05) is 20.8 Å². The van der Waals surface area contributed by atoms with E-state index in [1.165, 1.54) is 0 Å². The highest BCUT2D eigenvalue weighted by Crippen LogP contribution is 2.13. The van der Waals surface area contributed by atoms with E-state index in [-0.39, 0.29) is 5.97 Å². The van der Waals surface area contributed by atoms with Crippen molar-refractivity contribution < 1.29 is 18.4 Å². The number of hydrogen-bond donors (Lipinski definition) is 0. The summed E-state index contributed by atoms with van der Waals surface area (Å²) in [4.78, 5) is 11.2. The first-order valence-electron chi connectivity index (χ1n) is 5.84. The SMILES string of the molecule is CCCCC(=O)OCCC[Si](C)(OC)OC. The first kappa shape index (κ1) is 15.6. The van der Waals surface area contributed by atoms with Crippen molar-refractivity contribution >= 4 is 14.5 Å². The third kappa shape index (κ3) is 6.98. The first-order chi connectivity index (χ1) is 7.58. The molecule has 0 saturated heterocycles. The van der Waals surface area contributed by atoms with Crippen molar-refractivity contribution in [1.29, 1.82) is 0 Å². The van der Waals surface area contributed by atoms with E-state index in [1.807, 2.05) is 6.55 Å². The van der Waals surface area contributed by atoms with Crippen LogP contribution in [-0.2, 0) is 18.4 Å². The average Bonchev–Trinajstić information content (AvgIpc) is 2.31. The van der Waals surface area contributed by atoms with Crippen molar-refractivity contribution in [1.82, 2.24) is 0 Å². The minimum Gasteiger partial charge on any atom is -0.466 e. The van der Waals surface area contributed by atoms with Crippen molar-refractivity contribution in [2.45, 2.75) is 45.2 Å². The molecular formula is C11H24O4Si. The Bertz CT molecular complexity index is 192. The van der Waals surface area contributed by atoms with E-state index < -0.39 is 8.56 Å². The van der Waals surface area contributed by atoms with Crippen LogP contribution in [0.5, 0.6) is 0 Å². The van der Waals surface area contributed by atoms with Gasteiger partial charge >= 0.3 is 14.5 Å². The number of esters is 1.